The normalized spacial score (nSPS) is 31.4. The molecule has 2 atom stereocenters. The van der Waals surface area contributed by atoms with Gasteiger partial charge in [-0.1, -0.05) is 6.92 Å². The maximum atomic E-state index is 9.36. The molecule has 0 aromatic carbocycles. The molecule has 0 heterocycles. The molecule has 2 unspecified atom stereocenters. The smallest absolute Gasteiger partial charge is 0.109 e. The van der Waals surface area contributed by atoms with Gasteiger partial charge in [0.25, 0.3) is 0 Å². The Kier molecular flexibility index (Phi) is 4.99. The molecule has 0 bridgehead atoms. The molecule has 0 amide bonds. The fourth-order valence-corrected chi connectivity index (χ4v) is 2.55. The first-order valence-electron chi connectivity index (χ1n) is 7.16. The molecule has 0 spiro atoms. The molecule has 4 nitrogen and oxygen atoms in total. The standard InChI is InChI=1S/C14H24N2O2/c1-2-7-17-8-9-18-13-5-6-14(10-13,11-15)16-12-3-4-12/h12-13,16H,2-10H2,1H3. The van der Waals surface area contributed by atoms with Crippen molar-refractivity contribution in [3.8, 4) is 6.07 Å². The predicted molar refractivity (Wildman–Crippen MR) is 69.2 cm³/mol. The van der Waals surface area contributed by atoms with E-state index in [0.717, 1.165) is 32.3 Å². The Bertz CT molecular complexity index is 299. The van der Waals surface area contributed by atoms with Crippen LogP contribution < -0.4 is 5.32 Å². The van der Waals surface area contributed by atoms with Gasteiger partial charge in [-0.15, -0.1) is 0 Å². The molecule has 1 N–H and O–H groups in total. The topological polar surface area (TPSA) is 54.3 Å². The zero-order chi connectivity index (χ0) is 12.8. The molecule has 2 fully saturated rings. The third-order valence-electron chi connectivity index (χ3n) is 3.67. The zero-order valence-electron chi connectivity index (χ0n) is 11.3. The molecule has 2 aliphatic rings. The van der Waals surface area contributed by atoms with Crippen LogP contribution in [0.25, 0.3) is 0 Å². The Hall–Kier alpha value is -0.630. The van der Waals surface area contributed by atoms with Crippen LogP contribution >= 0.6 is 0 Å². The lowest BCUT2D eigenvalue weighted by molar-refractivity contribution is 0.00606. The van der Waals surface area contributed by atoms with Gasteiger partial charge in [-0.3, -0.25) is 5.32 Å². The summed E-state index contributed by atoms with van der Waals surface area (Å²) in [6.07, 6.45) is 6.45. The number of hydrogen-bond donors (Lipinski definition) is 1. The summed E-state index contributed by atoms with van der Waals surface area (Å²) in [5.41, 5.74) is -0.323. The number of nitrogens with one attached hydrogen (secondary N) is 1. The van der Waals surface area contributed by atoms with Crippen LogP contribution in [0.15, 0.2) is 0 Å². The first kappa shape index (κ1) is 13.8. The Morgan fingerprint density at radius 1 is 1.28 bits per heavy atom. The third-order valence-corrected chi connectivity index (χ3v) is 3.67. The van der Waals surface area contributed by atoms with Gasteiger partial charge in [0.2, 0.25) is 0 Å². The van der Waals surface area contributed by atoms with Crippen molar-refractivity contribution in [2.24, 2.45) is 0 Å². The maximum Gasteiger partial charge on any atom is 0.109 e. The summed E-state index contributed by atoms with van der Waals surface area (Å²) in [6, 6.07) is 3.05. The van der Waals surface area contributed by atoms with Crippen LogP contribution in [0.3, 0.4) is 0 Å². The van der Waals surface area contributed by atoms with Crippen molar-refractivity contribution in [1.29, 1.82) is 5.26 Å². The van der Waals surface area contributed by atoms with Crippen LogP contribution in [0, 0.1) is 11.3 Å². The third kappa shape index (κ3) is 3.94. The molecule has 0 radical (unpaired) electrons. The molecule has 0 aliphatic heterocycles. The molecule has 2 saturated carbocycles. The summed E-state index contributed by atoms with van der Waals surface area (Å²) < 4.78 is 11.2. The fraction of sp³-hybridized carbons (Fsp3) is 0.929. The van der Waals surface area contributed by atoms with Gasteiger partial charge in [-0.2, -0.15) is 5.26 Å². The number of nitriles is 1. The summed E-state index contributed by atoms with van der Waals surface area (Å²) >= 11 is 0. The van der Waals surface area contributed by atoms with Crippen LogP contribution in [0.4, 0.5) is 0 Å². The highest BCUT2D eigenvalue weighted by molar-refractivity contribution is 5.14. The van der Waals surface area contributed by atoms with Gasteiger partial charge in [0.05, 0.1) is 25.4 Å². The molecule has 0 aromatic rings. The largest absolute Gasteiger partial charge is 0.379 e. The Labute approximate surface area is 110 Å². The predicted octanol–water partition coefficient (Wildman–Crippen LogP) is 2.00. The van der Waals surface area contributed by atoms with E-state index in [4.69, 9.17) is 9.47 Å². The van der Waals surface area contributed by atoms with E-state index in [9.17, 15) is 5.26 Å². The maximum absolute atomic E-state index is 9.36. The molecule has 18 heavy (non-hydrogen) atoms. The van der Waals surface area contributed by atoms with Crippen LogP contribution in [0.5, 0.6) is 0 Å². The van der Waals surface area contributed by atoms with Gasteiger partial charge in [0.1, 0.15) is 5.54 Å². The first-order chi connectivity index (χ1) is 8.78. The molecular formula is C14H24N2O2. The Balaban J connectivity index is 1.65. The summed E-state index contributed by atoms with van der Waals surface area (Å²) in [7, 11) is 0. The average Bonchev–Trinajstić information content (AvgIpc) is 3.09. The second-order valence-corrected chi connectivity index (χ2v) is 5.46. The Morgan fingerprint density at radius 3 is 2.78 bits per heavy atom. The van der Waals surface area contributed by atoms with Gasteiger partial charge in [0, 0.05) is 19.1 Å². The van der Waals surface area contributed by atoms with Crippen LogP contribution in [0.1, 0.15) is 45.4 Å². The number of hydrogen-bond acceptors (Lipinski definition) is 4. The van der Waals surface area contributed by atoms with Crippen molar-refractivity contribution in [2.75, 3.05) is 19.8 Å². The molecule has 102 valence electrons. The molecule has 4 heteroatoms. The summed E-state index contributed by atoms with van der Waals surface area (Å²) in [6.45, 7) is 4.22. The highest BCUT2D eigenvalue weighted by Gasteiger charge is 2.43. The summed E-state index contributed by atoms with van der Waals surface area (Å²) in [5, 5.41) is 12.8. The van der Waals surface area contributed by atoms with Gasteiger partial charge in [-0.25, -0.2) is 0 Å². The molecule has 0 saturated heterocycles. The quantitative estimate of drug-likeness (QED) is 0.671. The number of rotatable bonds is 8. The van der Waals surface area contributed by atoms with Crippen molar-refractivity contribution in [2.45, 2.75) is 63.1 Å². The average molecular weight is 252 g/mol. The molecule has 2 rings (SSSR count). The van der Waals surface area contributed by atoms with Crippen molar-refractivity contribution in [1.82, 2.24) is 5.32 Å². The highest BCUT2D eigenvalue weighted by atomic mass is 16.5. The molecular weight excluding hydrogens is 228 g/mol. The fourth-order valence-electron chi connectivity index (χ4n) is 2.55. The van der Waals surface area contributed by atoms with E-state index in [-0.39, 0.29) is 11.6 Å². The van der Waals surface area contributed by atoms with E-state index in [1.165, 1.54) is 12.8 Å². The summed E-state index contributed by atoms with van der Waals surface area (Å²) in [5.74, 6) is 0. The SMILES string of the molecule is CCCOCCOC1CCC(C#N)(NC2CC2)C1. The lowest BCUT2D eigenvalue weighted by Crippen LogP contribution is -2.43. The van der Waals surface area contributed by atoms with Crippen molar-refractivity contribution < 1.29 is 9.47 Å². The minimum absolute atomic E-state index is 0.223. The highest BCUT2D eigenvalue weighted by Crippen LogP contribution is 2.34. The lowest BCUT2D eigenvalue weighted by Gasteiger charge is -2.22. The monoisotopic (exact) mass is 252 g/mol. The molecule has 2 aliphatic carbocycles. The second kappa shape index (κ2) is 6.51. The van der Waals surface area contributed by atoms with Gasteiger partial charge in [-0.05, 0) is 32.1 Å². The van der Waals surface area contributed by atoms with E-state index < -0.39 is 0 Å². The van der Waals surface area contributed by atoms with Crippen LogP contribution in [-0.4, -0.2) is 37.5 Å². The lowest BCUT2D eigenvalue weighted by atomic mass is 9.99. The first-order valence-corrected chi connectivity index (χ1v) is 7.16. The second-order valence-electron chi connectivity index (χ2n) is 5.46. The number of nitrogens with zero attached hydrogens (tertiary/aromatic N) is 1. The van der Waals surface area contributed by atoms with Crippen LogP contribution in [0.2, 0.25) is 0 Å². The van der Waals surface area contributed by atoms with Gasteiger partial charge < -0.3 is 9.47 Å². The Morgan fingerprint density at radius 2 is 2.11 bits per heavy atom. The van der Waals surface area contributed by atoms with E-state index in [1.807, 2.05) is 0 Å². The van der Waals surface area contributed by atoms with E-state index in [2.05, 4.69) is 18.3 Å². The summed E-state index contributed by atoms with van der Waals surface area (Å²) in [4.78, 5) is 0. The van der Waals surface area contributed by atoms with E-state index in [1.54, 1.807) is 0 Å². The van der Waals surface area contributed by atoms with Crippen molar-refractivity contribution in [3.63, 3.8) is 0 Å². The van der Waals surface area contributed by atoms with Crippen molar-refractivity contribution in [3.05, 3.63) is 0 Å². The minimum Gasteiger partial charge on any atom is -0.379 e. The minimum atomic E-state index is -0.323. The molecule has 0 aromatic heterocycles. The van der Waals surface area contributed by atoms with Gasteiger partial charge >= 0.3 is 0 Å². The van der Waals surface area contributed by atoms with E-state index in [0.29, 0.717) is 19.3 Å². The van der Waals surface area contributed by atoms with E-state index >= 15 is 0 Å². The van der Waals surface area contributed by atoms with Crippen molar-refractivity contribution >= 4 is 0 Å². The van der Waals surface area contributed by atoms with Crippen LogP contribution in [-0.2, 0) is 9.47 Å². The van der Waals surface area contributed by atoms with Gasteiger partial charge in [0.15, 0.2) is 0 Å². The zero-order valence-corrected chi connectivity index (χ0v) is 11.3. The number of ether oxygens (including phenoxy) is 2.